The molecule has 4 aliphatic carbocycles. The smallest absolute Gasteiger partial charge is 0.139 e. The molecule has 5 aliphatic rings. The van der Waals surface area contributed by atoms with E-state index in [1.165, 1.54) is 64.5 Å². The minimum atomic E-state index is 0.0343. The molecule has 0 aromatic heterocycles. The summed E-state index contributed by atoms with van der Waals surface area (Å²) in [5, 5.41) is 5.32. The summed E-state index contributed by atoms with van der Waals surface area (Å²) in [6.07, 6.45) is 11.7. The molecule has 4 unspecified atom stereocenters. The van der Waals surface area contributed by atoms with E-state index in [0.29, 0.717) is 17.1 Å². The molecular formula is C24H39NOS. The Balaban J connectivity index is 1.35. The van der Waals surface area contributed by atoms with Crippen LogP contribution in [0.3, 0.4) is 0 Å². The lowest BCUT2D eigenvalue weighted by Gasteiger charge is -2.62. The van der Waals surface area contributed by atoms with Crippen LogP contribution >= 0.6 is 11.8 Å². The third-order valence-electron chi connectivity index (χ3n) is 10.1. The van der Waals surface area contributed by atoms with Gasteiger partial charge in [0.15, 0.2) is 0 Å². The highest BCUT2D eigenvalue weighted by Gasteiger charge is 2.61. The number of carbonyl (C=O) groups excluding carboxylic acids is 1. The molecule has 0 amide bonds. The SMILES string of the molecule is CC1C[C@@H]2[C@@H](CC[C@]3(C)C(=O)CC[C@@H]23)[C@@]2(C)CCC(SC3CCNC3)CC12. The van der Waals surface area contributed by atoms with Gasteiger partial charge in [0.25, 0.3) is 0 Å². The number of nitrogens with one attached hydrogen (secondary N) is 1. The molecule has 27 heavy (non-hydrogen) atoms. The lowest BCUT2D eigenvalue weighted by Crippen LogP contribution is -2.56. The molecule has 2 nitrogen and oxygen atoms in total. The van der Waals surface area contributed by atoms with Gasteiger partial charge in [0.2, 0.25) is 0 Å². The summed E-state index contributed by atoms with van der Waals surface area (Å²) in [4.78, 5) is 12.6. The lowest BCUT2D eigenvalue weighted by atomic mass is 9.43. The van der Waals surface area contributed by atoms with Gasteiger partial charge in [0, 0.05) is 28.9 Å². The maximum absolute atomic E-state index is 12.6. The second kappa shape index (κ2) is 6.76. The van der Waals surface area contributed by atoms with Gasteiger partial charge in [-0.25, -0.2) is 0 Å². The Morgan fingerprint density at radius 3 is 2.59 bits per heavy atom. The summed E-state index contributed by atoms with van der Waals surface area (Å²) >= 11 is 2.32. The molecule has 5 rings (SSSR count). The second-order valence-corrected chi connectivity index (χ2v) is 12.9. The maximum atomic E-state index is 12.6. The summed E-state index contributed by atoms with van der Waals surface area (Å²) in [5.41, 5.74) is 0.576. The quantitative estimate of drug-likeness (QED) is 0.694. The second-order valence-electron chi connectivity index (χ2n) is 11.3. The monoisotopic (exact) mass is 389 g/mol. The van der Waals surface area contributed by atoms with Crippen LogP contribution in [0.15, 0.2) is 0 Å². The van der Waals surface area contributed by atoms with Crippen LogP contribution in [0.2, 0.25) is 0 Å². The fourth-order valence-electron chi connectivity index (χ4n) is 8.61. The molecule has 5 fully saturated rings. The van der Waals surface area contributed by atoms with Crippen LogP contribution in [0.5, 0.6) is 0 Å². The van der Waals surface area contributed by atoms with Crippen molar-refractivity contribution in [2.24, 2.45) is 40.4 Å². The van der Waals surface area contributed by atoms with Crippen molar-refractivity contribution in [3.8, 4) is 0 Å². The number of carbonyl (C=O) groups is 1. The van der Waals surface area contributed by atoms with Gasteiger partial charge >= 0.3 is 0 Å². The van der Waals surface area contributed by atoms with Crippen LogP contribution in [0.4, 0.5) is 0 Å². The van der Waals surface area contributed by atoms with Crippen molar-refractivity contribution < 1.29 is 4.79 Å². The minimum absolute atomic E-state index is 0.0343. The highest BCUT2D eigenvalue weighted by molar-refractivity contribution is 8.00. The van der Waals surface area contributed by atoms with E-state index in [0.717, 1.165) is 40.6 Å². The highest BCUT2D eigenvalue weighted by atomic mass is 32.2. The van der Waals surface area contributed by atoms with Crippen LogP contribution in [-0.4, -0.2) is 29.4 Å². The maximum Gasteiger partial charge on any atom is 0.139 e. The molecule has 3 heteroatoms. The number of ketones is 1. The molecule has 1 saturated heterocycles. The Morgan fingerprint density at radius 1 is 0.963 bits per heavy atom. The molecule has 0 radical (unpaired) electrons. The number of hydrogen-bond acceptors (Lipinski definition) is 3. The van der Waals surface area contributed by atoms with Gasteiger partial charge in [-0.2, -0.15) is 11.8 Å². The van der Waals surface area contributed by atoms with Crippen molar-refractivity contribution >= 4 is 17.5 Å². The summed E-state index contributed by atoms with van der Waals surface area (Å²) in [5.74, 6) is 4.77. The molecule has 4 saturated carbocycles. The van der Waals surface area contributed by atoms with E-state index >= 15 is 0 Å². The molecule has 1 aliphatic heterocycles. The summed E-state index contributed by atoms with van der Waals surface area (Å²) < 4.78 is 0. The molecule has 1 heterocycles. The molecule has 0 aromatic rings. The summed E-state index contributed by atoms with van der Waals surface area (Å²) in [7, 11) is 0. The molecule has 0 aromatic carbocycles. The first-order chi connectivity index (χ1) is 12.9. The van der Waals surface area contributed by atoms with E-state index in [-0.39, 0.29) is 5.41 Å². The van der Waals surface area contributed by atoms with Crippen molar-refractivity contribution in [2.75, 3.05) is 13.1 Å². The zero-order valence-corrected chi connectivity index (χ0v) is 18.5. The van der Waals surface area contributed by atoms with Gasteiger partial charge in [-0.05, 0) is 92.9 Å². The predicted molar refractivity (Wildman–Crippen MR) is 114 cm³/mol. The van der Waals surface area contributed by atoms with Crippen molar-refractivity contribution in [3.63, 3.8) is 0 Å². The lowest BCUT2D eigenvalue weighted by molar-refractivity contribution is -0.144. The Kier molecular flexibility index (Phi) is 4.75. The van der Waals surface area contributed by atoms with Gasteiger partial charge < -0.3 is 5.32 Å². The van der Waals surface area contributed by atoms with E-state index in [9.17, 15) is 4.79 Å². The standard InChI is InChI=1S/C24H39NOS/c1-15-12-18-19-4-5-22(26)24(19,3)10-7-20(18)23(2)9-6-16(13-21(15)23)27-17-8-11-25-14-17/h15-21,25H,4-14H2,1-3H3/t15?,16?,17?,18-,19-,20+,21?,23+,24-/m0/s1. The van der Waals surface area contributed by atoms with Gasteiger partial charge in [0.1, 0.15) is 5.78 Å². The molecular weight excluding hydrogens is 350 g/mol. The zero-order chi connectivity index (χ0) is 18.8. The van der Waals surface area contributed by atoms with Gasteiger partial charge in [-0.1, -0.05) is 20.8 Å². The van der Waals surface area contributed by atoms with Gasteiger partial charge in [0.05, 0.1) is 0 Å². The molecule has 1 N–H and O–H groups in total. The van der Waals surface area contributed by atoms with Crippen molar-refractivity contribution in [1.29, 1.82) is 0 Å². The highest BCUT2D eigenvalue weighted by Crippen LogP contribution is 2.67. The number of hydrogen-bond donors (Lipinski definition) is 1. The summed E-state index contributed by atoms with van der Waals surface area (Å²) in [6, 6.07) is 0. The van der Waals surface area contributed by atoms with Crippen molar-refractivity contribution in [2.45, 2.75) is 89.1 Å². The fourth-order valence-corrected chi connectivity index (χ4v) is 10.2. The summed E-state index contributed by atoms with van der Waals surface area (Å²) in [6.45, 7) is 10.0. The van der Waals surface area contributed by atoms with Gasteiger partial charge in [-0.15, -0.1) is 0 Å². The Hall–Kier alpha value is -0.0200. The molecule has 152 valence electrons. The average molecular weight is 390 g/mol. The topological polar surface area (TPSA) is 29.1 Å². The van der Waals surface area contributed by atoms with Gasteiger partial charge in [-0.3, -0.25) is 4.79 Å². The largest absolute Gasteiger partial charge is 0.316 e. The zero-order valence-electron chi connectivity index (χ0n) is 17.6. The minimum Gasteiger partial charge on any atom is -0.316 e. The molecule has 0 bridgehead atoms. The van der Waals surface area contributed by atoms with Crippen molar-refractivity contribution in [3.05, 3.63) is 0 Å². The molecule has 9 atom stereocenters. The Morgan fingerprint density at radius 2 is 1.81 bits per heavy atom. The van der Waals surface area contributed by atoms with Crippen LogP contribution in [0.25, 0.3) is 0 Å². The third kappa shape index (κ3) is 2.88. The van der Waals surface area contributed by atoms with E-state index in [2.05, 4.69) is 37.8 Å². The predicted octanol–water partition coefficient (Wildman–Crippen LogP) is 5.31. The Bertz CT molecular complexity index is 601. The number of Topliss-reactive ketones (excluding diaryl/α,β-unsaturated/α-hetero) is 1. The normalized spacial score (nSPS) is 55.1. The van der Waals surface area contributed by atoms with Crippen LogP contribution in [0, 0.1) is 40.4 Å². The van der Waals surface area contributed by atoms with E-state index in [1.54, 1.807) is 0 Å². The Labute approximate surface area is 170 Å². The number of thioether (sulfide) groups is 1. The number of rotatable bonds is 2. The van der Waals surface area contributed by atoms with Crippen molar-refractivity contribution in [1.82, 2.24) is 5.32 Å². The van der Waals surface area contributed by atoms with Crippen LogP contribution < -0.4 is 5.32 Å². The first kappa shape index (κ1) is 19.0. The van der Waals surface area contributed by atoms with E-state index in [4.69, 9.17) is 0 Å². The van der Waals surface area contributed by atoms with Crippen LogP contribution in [-0.2, 0) is 4.79 Å². The molecule has 0 spiro atoms. The first-order valence-corrected chi connectivity index (χ1v) is 12.8. The third-order valence-corrected chi connectivity index (χ3v) is 11.7. The fraction of sp³-hybridized carbons (Fsp3) is 0.958. The first-order valence-electron chi connectivity index (χ1n) is 11.8. The average Bonchev–Trinajstić information content (AvgIpc) is 3.25. The van der Waals surface area contributed by atoms with E-state index in [1.807, 2.05) is 0 Å². The van der Waals surface area contributed by atoms with Crippen LogP contribution in [0.1, 0.15) is 78.6 Å². The number of fused-ring (bicyclic) bond motifs is 5. The van der Waals surface area contributed by atoms with E-state index < -0.39 is 0 Å².